The van der Waals surface area contributed by atoms with Gasteiger partial charge in [0.05, 0.1) is 5.69 Å². The van der Waals surface area contributed by atoms with Crippen molar-refractivity contribution in [3.8, 4) is 0 Å². The summed E-state index contributed by atoms with van der Waals surface area (Å²) in [6.07, 6.45) is 5.48. The van der Waals surface area contributed by atoms with Gasteiger partial charge in [0.15, 0.2) is 0 Å². The topological polar surface area (TPSA) is 59.2 Å². The molecule has 1 saturated heterocycles. The van der Waals surface area contributed by atoms with E-state index in [2.05, 4.69) is 19.9 Å². The lowest BCUT2D eigenvalue weighted by Gasteiger charge is -2.30. The number of aromatic nitrogens is 1. The van der Waals surface area contributed by atoms with Crippen LogP contribution < -0.4 is 5.73 Å². The second kappa shape index (κ2) is 6.03. The lowest BCUT2D eigenvalue weighted by Crippen LogP contribution is -2.37. The molecule has 0 aromatic carbocycles. The zero-order valence-corrected chi connectivity index (χ0v) is 15.3. The molecule has 2 aromatic heterocycles. The number of aryl methyl sites for hydroxylation is 1. The van der Waals surface area contributed by atoms with Gasteiger partial charge in [0.25, 0.3) is 5.91 Å². The predicted octanol–water partition coefficient (Wildman–Crippen LogP) is 3.88. The molecule has 1 atom stereocenters. The first-order valence-electron chi connectivity index (χ1n) is 9.03. The van der Waals surface area contributed by atoms with Crippen molar-refractivity contribution in [1.82, 2.24) is 9.88 Å². The monoisotopic (exact) mass is 343 g/mol. The maximum Gasteiger partial charge on any atom is 0.266 e. The smallest absolute Gasteiger partial charge is 0.266 e. The summed E-state index contributed by atoms with van der Waals surface area (Å²) >= 11 is 1.47. The summed E-state index contributed by atoms with van der Waals surface area (Å²) < 4.78 is 0. The molecule has 1 aliphatic heterocycles. The van der Waals surface area contributed by atoms with Crippen molar-refractivity contribution in [1.29, 1.82) is 0 Å². The van der Waals surface area contributed by atoms with E-state index in [4.69, 9.17) is 10.7 Å². The van der Waals surface area contributed by atoms with E-state index in [1.807, 2.05) is 4.90 Å². The van der Waals surface area contributed by atoms with Crippen LogP contribution in [0.5, 0.6) is 0 Å². The zero-order chi connectivity index (χ0) is 16.8. The number of rotatable bonds is 1. The molecule has 1 fully saturated rings. The third-order valence-corrected chi connectivity index (χ3v) is 6.70. The van der Waals surface area contributed by atoms with Gasteiger partial charge in [-0.05, 0) is 55.6 Å². The summed E-state index contributed by atoms with van der Waals surface area (Å²) in [4.78, 5) is 21.3. The lowest BCUT2D eigenvalue weighted by atomic mass is 9.87. The Morgan fingerprint density at radius 2 is 2.00 bits per heavy atom. The van der Waals surface area contributed by atoms with Gasteiger partial charge >= 0.3 is 0 Å². The minimum atomic E-state index is 0.0914. The van der Waals surface area contributed by atoms with Crippen LogP contribution in [0.25, 0.3) is 10.2 Å². The second-order valence-electron chi connectivity index (χ2n) is 7.61. The second-order valence-corrected chi connectivity index (χ2v) is 8.61. The number of nitrogens with zero attached hydrogens (tertiary/aromatic N) is 2. The number of amides is 1. The number of hydrogen-bond acceptors (Lipinski definition) is 4. The highest BCUT2D eigenvalue weighted by Crippen LogP contribution is 2.37. The normalized spacial score (nSPS) is 21.9. The van der Waals surface area contributed by atoms with Gasteiger partial charge in [0.1, 0.15) is 9.71 Å². The quantitative estimate of drug-likeness (QED) is 0.855. The SMILES string of the molecule is CC1CCN(C(=O)c2sc3nc4c(cc3c2N)CC(C)CC4)CC1. The molecule has 1 amide bonds. The number of pyridine rings is 1. The number of carbonyl (C=O) groups excluding carboxylic acids is 1. The van der Waals surface area contributed by atoms with Gasteiger partial charge in [-0.3, -0.25) is 4.79 Å². The predicted molar refractivity (Wildman–Crippen MR) is 99.5 cm³/mol. The molecule has 3 heterocycles. The number of fused-ring (bicyclic) bond motifs is 2. The highest BCUT2D eigenvalue weighted by atomic mass is 32.1. The maximum atomic E-state index is 12.9. The van der Waals surface area contributed by atoms with E-state index in [1.165, 1.54) is 29.0 Å². The highest BCUT2D eigenvalue weighted by molar-refractivity contribution is 7.21. The summed E-state index contributed by atoms with van der Waals surface area (Å²) in [5.41, 5.74) is 9.51. The van der Waals surface area contributed by atoms with Crippen LogP contribution in [-0.2, 0) is 12.8 Å². The van der Waals surface area contributed by atoms with Crippen molar-refractivity contribution in [2.24, 2.45) is 11.8 Å². The van der Waals surface area contributed by atoms with Gasteiger partial charge in [-0.2, -0.15) is 0 Å². The van der Waals surface area contributed by atoms with E-state index in [9.17, 15) is 4.79 Å². The number of nitrogens with two attached hydrogens (primary N) is 1. The summed E-state index contributed by atoms with van der Waals surface area (Å²) in [5.74, 6) is 1.51. The zero-order valence-electron chi connectivity index (χ0n) is 14.5. The Hall–Kier alpha value is -1.62. The first-order chi connectivity index (χ1) is 11.5. The molecule has 4 rings (SSSR count). The fraction of sp³-hybridized carbons (Fsp3) is 0.579. The molecule has 128 valence electrons. The fourth-order valence-corrected chi connectivity index (χ4v) is 4.95. The largest absolute Gasteiger partial charge is 0.397 e. The number of hydrogen-bond donors (Lipinski definition) is 1. The molecular weight excluding hydrogens is 318 g/mol. The Kier molecular flexibility index (Phi) is 3.99. The minimum absolute atomic E-state index is 0.0914. The third kappa shape index (κ3) is 2.69. The van der Waals surface area contributed by atoms with Gasteiger partial charge in [-0.15, -0.1) is 11.3 Å². The maximum absolute atomic E-state index is 12.9. The first-order valence-corrected chi connectivity index (χ1v) is 9.84. The Bertz CT molecular complexity index is 789. The van der Waals surface area contributed by atoms with Crippen molar-refractivity contribution in [2.75, 3.05) is 18.8 Å². The van der Waals surface area contributed by atoms with Gasteiger partial charge in [-0.1, -0.05) is 13.8 Å². The molecule has 0 radical (unpaired) electrons. The fourth-order valence-electron chi connectivity index (χ4n) is 3.89. The van der Waals surface area contributed by atoms with E-state index in [1.54, 1.807) is 0 Å². The Labute approximate surface area is 147 Å². The summed E-state index contributed by atoms with van der Waals surface area (Å²) in [6.45, 7) is 6.23. The van der Waals surface area contributed by atoms with Gasteiger partial charge in [0, 0.05) is 24.2 Å². The molecule has 5 heteroatoms. The highest BCUT2D eigenvalue weighted by Gasteiger charge is 2.27. The van der Waals surface area contributed by atoms with Crippen molar-refractivity contribution in [2.45, 2.75) is 46.0 Å². The molecular formula is C19H25N3OS. The van der Waals surface area contributed by atoms with Crippen LogP contribution in [0.1, 0.15) is 54.0 Å². The number of likely N-dealkylation sites (tertiary alicyclic amines) is 1. The first kappa shape index (κ1) is 15.9. The van der Waals surface area contributed by atoms with Crippen LogP contribution in [0.2, 0.25) is 0 Å². The molecule has 2 aliphatic rings. The number of thiophene rings is 1. The summed E-state index contributed by atoms with van der Waals surface area (Å²) in [5, 5.41) is 0.974. The molecule has 1 aliphatic carbocycles. The van der Waals surface area contributed by atoms with Crippen LogP contribution >= 0.6 is 11.3 Å². The standard InChI is InChI=1S/C19H25N3OS/c1-11-5-7-22(8-6-11)19(23)17-16(20)14-10-13-9-12(2)3-4-15(13)21-18(14)24-17/h10-12H,3-9,20H2,1-2H3. The van der Waals surface area contributed by atoms with E-state index in [-0.39, 0.29) is 5.91 Å². The molecule has 1 unspecified atom stereocenters. The molecule has 0 saturated carbocycles. The number of carbonyl (C=O) groups is 1. The van der Waals surface area contributed by atoms with Crippen molar-refractivity contribution in [3.05, 3.63) is 22.2 Å². The molecule has 24 heavy (non-hydrogen) atoms. The molecule has 0 spiro atoms. The lowest BCUT2D eigenvalue weighted by molar-refractivity contribution is 0.0703. The van der Waals surface area contributed by atoms with E-state index in [0.29, 0.717) is 22.4 Å². The van der Waals surface area contributed by atoms with Crippen LogP contribution in [0.15, 0.2) is 6.07 Å². The van der Waals surface area contributed by atoms with Crippen molar-refractivity contribution in [3.63, 3.8) is 0 Å². The van der Waals surface area contributed by atoms with Gasteiger partial charge in [0.2, 0.25) is 0 Å². The Morgan fingerprint density at radius 3 is 2.75 bits per heavy atom. The van der Waals surface area contributed by atoms with Gasteiger partial charge < -0.3 is 10.6 Å². The summed E-state index contributed by atoms with van der Waals surface area (Å²) in [7, 11) is 0. The van der Waals surface area contributed by atoms with Crippen LogP contribution in [0, 0.1) is 11.8 Å². The van der Waals surface area contributed by atoms with Gasteiger partial charge in [-0.25, -0.2) is 4.98 Å². The van der Waals surface area contributed by atoms with Crippen molar-refractivity contribution < 1.29 is 4.79 Å². The molecule has 2 N–H and O–H groups in total. The number of nitrogen functional groups attached to an aromatic ring is 1. The van der Waals surface area contributed by atoms with Crippen LogP contribution in [0.4, 0.5) is 5.69 Å². The molecule has 4 nitrogen and oxygen atoms in total. The van der Waals surface area contributed by atoms with Crippen LogP contribution in [-0.4, -0.2) is 28.9 Å². The van der Waals surface area contributed by atoms with Crippen molar-refractivity contribution >= 4 is 33.1 Å². The van der Waals surface area contributed by atoms with E-state index in [0.717, 1.165) is 49.0 Å². The molecule has 2 aromatic rings. The minimum Gasteiger partial charge on any atom is -0.397 e. The summed E-state index contributed by atoms with van der Waals surface area (Å²) in [6, 6.07) is 2.19. The average Bonchev–Trinajstić information content (AvgIpc) is 2.89. The van der Waals surface area contributed by atoms with E-state index < -0.39 is 0 Å². The Balaban J connectivity index is 1.69. The number of piperidine rings is 1. The Morgan fingerprint density at radius 1 is 1.25 bits per heavy atom. The third-order valence-electron chi connectivity index (χ3n) is 5.60. The average molecular weight is 343 g/mol. The van der Waals surface area contributed by atoms with E-state index >= 15 is 0 Å². The van der Waals surface area contributed by atoms with Crippen LogP contribution in [0.3, 0.4) is 0 Å². The number of anilines is 1. The molecule has 0 bridgehead atoms.